The van der Waals surface area contributed by atoms with Gasteiger partial charge in [0, 0.05) is 32.4 Å². The average molecular weight is 480 g/mol. The van der Waals surface area contributed by atoms with E-state index >= 15 is 0 Å². The number of halogens is 2. The number of nitrogens with one attached hydrogen (secondary N) is 2. The quantitative estimate of drug-likeness (QED) is 0.324. The van der Waals surface area contributed by atoms with E-state index in [1.807, 2.05) is 30.5 Å². The van der Waals surface area contributed by atoms with Crippen LogP contribution in [0.1, 0.15) is 11.4 Å². The van der Waals surface area contributed by atoms with Gasteiger partial charge in [0.2, 0.25) is 0 Å². The van der Waals surface area contributed by atoms with Crippen molar-refractivity contribution in [2.24, 2.45) is 4.99 Å². The molecule has 3 aromatic rings. The zero-order chi connectivity index (χ0) is 18.2. The first-order chi connectivity index (χ1) is 12.7. The second-order valence-electron chi connectivity index (χ2n) is 5.65. The SMILES string of the molecule is CN=C(NCCc1ccn(-c2ccc(F)cc2)n1)NCc1ccccn1.I. The Hall–Kier alpha value is -2.49. The number of rotatable bonds is 6. The van der Waals surface area contributed by atoms with Crippen LogP contribution in [-0.4, -0.2) is 34.3 Å². The molecule has 0 spiro atoms. The Bertz CT molecular complexity index is 848. The maximum atomic E-state index is 13.0. The van der Waals surface area contributed by atoms with Crippen LogP contribution in [0.15, 0.2) is 65.9 Å². The average Bonchev–Trinajstić information content (AvgIpc) is 3.15. The minimum atomic E-state index is -0.255. The monoisotopic (exact) mass is 480 g/mol. The molecule has 0 atom stereocenters. The van der Waals surface area contributed by atoms with E-state index in [0.717, 1.165) is 23.5 Å². The number of hydrogen-bond donors (Lipinski definition) is 2. The van der Waals surface area contributed by atoms with Gasteiger partial charge in [-0.1, -0.05) is 6.07 Å². The third kappa shape index (κ3) is 6.31. The molecule has 0 saturated heterocycles. The summed E-state index contributed by atoms with van der Waals surface area (Å²) in [6, 6.07) is 14.0. The van der Waals surface area contributed by atoms with Crippen molar-refractivity contribution in [3.8, 4) is 5.69 Å². The van der Waals surface area contributed by atoms with Crippen LogP contribution < -0.4 is 10.6 Å². The minimum Gasteiger partial charge on any atom is -0.356 e. The van der Waals surface area contributed by atoms with Gasteiger partial charge in [0.05, 0.1) is 23.6 Å². The predicted octanol–water partition coefficient (Wildman–Crippen LogP) is 2.93. The molecule has 0 saturated carbocycles. The molecule has 2 heterocycles. The van der Waals surface area contributed by atoms with Gasteiger partial charge >= 0.3 is 0 Å². The van der Waals surface area contributed by atoms with Gasteiger partial charge in [0.25, 0.3) is 0 Å². The second-order valence-corrected chi connectivity index (χ2v) is 5.65. The van der Waals surface area contributed by atoms with Gasteiger partial charge in [-0.15, -0.1) is 24.0 Å². The van der Waals surface area contributed by atoms with Crippen molar-refractivity contribution in [1.82, 2.24) is 25.4 Å². The predicted molar refractivity (Wildman–Crippen MR) is 115 cm³/mol. The van der Waals surface area contributed by atoms with Crippen LogP contribution in [0.3, 0.4) is 0 Å². The van der Waals surface area contributed by atoms with Crippen molar-refractivity contribution in [2.45, 2.75) is 13.0 Å². The molecule has 0 aliphatic carbocycles. The largest absolute Gasteiger partial charge is 0.356 e. The highest BCUT2D eigenvalue weighted by atomic mass is 127. The van der Waals surface area contributed by atoms with Crippen LogP contribution in [0.25, 0.3) is 5.69 Å². The lowest BCUT2D eigenvalue weighted by atomic mass is 10.3. The van der Waals surface area contributed by atoms with Gasteiger partial charge in [-0.2, -0.15) is 5.10 Å². The highest BCUT2D eigenvalue weighted by Crippen LogP contribution is 2.09. The fraction of sp³-hybridized carbons (Fsp3) is 0.211. The summed E-state index contributed by atoms with van der Waals surface area (Å²) in [6.07, 6.45) is 4.39. The van der Waals surface area contributed by atoms with Crippen LogP contribution in [0, 0.1) is 5.82 Å². The molecule has 1 aromatic carbocycles. The summed E-state index contributed by atoms with van der Waals surface area (Å²) in [4.78, 5) is 8.47. The second kappa shape index (κ2) is 10.6. The van der Waals surface area contributed by atoms with E-state index in [1.165, 1.54) is 12.1 Å². The molecule has 0 radical (unpaired) electrons. The molecule has 0 fully saturated rings. The molecule has 2 N–H and O–H groups in total. The van der Waals surface area contributed by atoms with Crippen molar-refractivity contribution in [2.75, 3.05) is 13.6 Å². The number of aliphatic imine (C=N–C) groups is 1. The first-order valence-corrected chi connectivity index (χ1v) is 8.39. The molecule has 8 heteroatoms. The lowest BCUT2D eigenvalue weighted by molar-refractivity contribution is 0.627. The number of nitrogens with zero attached hydrogens (tertiary/aromatic N) is 4. The smallest absolute Gasteiger partial charge is 0.191 e. The number of hydrogen-bond acceptors (Lipinski definition) is 3. The van der Waals surface area contributed by atoms with Gasteiger partial charge in [0.1, 0.15) is 5.82 Å². The first-order valence-electron chi connectivity index (χ1n) is 8.39. The van der Waals surface area contributed by atoms with Crippen LogP contribution >= 0.6 is 24.0 Å². The molecular weight excluding hydrogens is 458 g/mol. The van der Waals surface area contributed by atoms with Crippen LogP contribution in [0.2, 0.25) is 0 Å². The lowest BCUT2D eigenvalue weighted by Crippen LogP contribution is -2.38. The first kappa shape index (κ1) is 20.8. The molecule has 6 nitrogen and oxygen atoms in total. The fourth-order valence-corrected chi connectivity index (χ4v) is 2.44. The van der Waals surface area contributed by atoms with E-state index in [1.54, 1.807) is 30.1 Å². The highest BCUT2D eigenvalue weighted by molar-refractivity contribution is 14.0. The Balaban J connectivity index is 0.00000261. The zero-order valence-corrected chi connectivity index (χ0v) is 17.3. The van der Waals surface area contributed by atoms with Gasteiger partial charge in [0.15, 0.2) is 5.96 Å². The maximum absolute atomic E-state index is 13.0. The molecule has 0 unspecified atom stereocenters. The molecule has 0 aliphatic rings. The zero-order valence-electron chi connectivity index (χ0n) is 15.0. The molecule has 142 valence electrons. The topological polar surface area (TPSA) is 67.1 Å². The summed E-state index contributed by atoms with van der Waals surface area (Å²) in [5, 5.41) is 11.0. The molecule has 0 amide bonds. The summed E-state index contributed by atoms with van der Waals surface area (Å²) in [5.41, 5.74) is 2.73. The van der Waals surface area contributed by atoms with E-state index in [9.17, 15) is 4.39 Å². The summed E-state index contributed by atoms with van der Waals surface area (Å²) in [7, 11) is 1.73. The fourth-order valence-electron chi connectivity index (χ4n) is 2.44. The third-order valence-corrected chi connectivity index (χ3v) is 3.80. The van der Waals surface area contributed by atoms with E-state index in [-0.39, 0.29) is 29.8 Å². The molecular formula is C19H22FIN6. The van der Waals surface area contributed by atoms with Gasteiger partial charge in [-0.3, -0.25) is 9.98 Å². The molecule has 3 rings (SSSR count). The number of pyridine rings is 1. The van der Waals surface area contributed by atoms with Gasteiger partial charge in [-0.05, 0) is 42.5 Å². The Morgan fingerprint density at radius 3 is 2.59 bits per heavy atom. The standard InChI is InChI=1S/C19H21FN6.HI/c1-21-19(24-14-17-4-2-3-11-22-17)23-12-9-16-10-13-26(25-16)18-7-5-15(20)6-8-18;/h2-8,10-11,13H,9,12,14H2,1H3,(H2,21,23,24);1H. The van der Waals surface area contributed by atoms with Crippen molar-refractivity contribution in [3.63, 3.8) is 0 Å². The third-order valence-electron chi connectivity index (χ3n) is 3.80. The highest BCUT2D eigenvalue weighted by Gasteiger charge is 2.03. The normalized spacial score (nSPS) is 11.0. The van der Waals surface area contributed by atoms with Crippen molar-refractivity contribution in [3.05, 3.63) is 78.1 Å². The van der Waals surface area contributed by atoms with E-state index in [0.29, 0.717) is 19.0 Å². The van der Waals surface area contributed by atoms with Crippen LogP contribution in [0.4, 0.5) is 4.39 Å². The van der Waals surface area contributed by atoms with Crippen LogP contribution in [0.5, 0.6) is 0 Å². The summed E-state index contributed by atoms with van der Waals surface area (Å²) in [5.74, 6) is 0.462. The van der Waals surface area contributed by atoms with Gasteiger partial charge < -0.3 is 10.6 Å². The summed E-state index contributed by atoms with van der Waals surface area (Å²) in [6.45, 7) is 1.31. The Kier molecular flexibility index (Phi) is 8.18. The minimum absolute atomic E-state index is 0. The molecule has 2 aromatic heterocycles. The van der Waals surface area contributed by atoms with Crippen molar-refractivity contribution in [1.29, 1.82) is 0 Å². The van der Waals surface area contributed by atoms with E-state index < -0.39 is 0 Å². The summed E-state index contributed by atoms with van der Waals surface area (Å²) < 4.78 is 14.7. The number of guanidine groups is 1. The maximum Gasteiger partial charge on any atom is 0.191 e. The van der Waals surface area contributed by atoms with Crippen LogP contribution in [-0.2, 0) is 13.0 Å². The van der Waals surface area contributed by atoms with E-state index in [2.05, 4.69) is 25.7 Å². The summed E-state index contributed by atoms with van der Waals surface area (Å²) >= 11 is 0. The Morgan fingerprint density at radius 2 is 1.89 bits per heavy atom. The molecule has 27 heavy (non-hydrogen) atoms. The number of benzene rings is 1. The Morgan fingerprint density at radius 1 is 1.07 bits per heavy atom. The molecule has 0 bridgehead atoms. The van der Waals surface area contributed by atoms with Crippen molar-refractivity contribution >= 4 is 29.9 Å². The lowest BCUT2D eigenvalue weighted by Gasteiger charge is -2.11. The molecule has 0 aliphatic heterocycles. The Labute approximate surface area is 175 Å². The number of aromatic nitrogens is 3. The van der Waals surface area contributed by atoms with Crippen molar-refractivity contribution < 1.29 is 4.39 Å². The van der Waals surface area contributed by atoms with E-state index in [4.69, 9.17) is 0 Å². The van der Waals surface area contributed by atoms with Gasteiger partial charge in [-0.25, -0.2) is 9.07 Å².